The van der Waals surface area contributed by atoms with Crippen LogP contribution in [0.25, 0.3) is 0 Å². The van der Waals surface area contributed by atoms with E-state index < -0.39 is 0 Å². The molecule has 104 valence electrons. The second-order valence-electron chi connectivity index (χ2n) is 4.59. The Morgan fingerprint density at radius 2 is 1.80 bits per heavy atom. The van der Waals surface area contributed by atoms with Gasteiger partial charge in [-0.15, -0.1) is 0 Å². The number of ether oxygens (including phenoxy) is 1. The fourth-order valence-electron chi connectivity index (χ4n) is 2.06. The smallest absolute Gasteiger partial charge is 0.166 e. The van der Waals surface area contributed by atoms with Crippen molar-refractivity contribution in [3.63, 3.8) is 0 Å². The summed E-state index contributed by atoms with van der Waals surface area (Å²) < 4.78 is 5.49. The van der Waals surface area contributed by atoms with Crippen LogP contribution in [0.5, 0.6) is 5.75 Å². The van der Waals surface area contributed by atoms with Crippen molar-refractivity contribution in [2.24, 2.45) is 0 Å². The first-order valence-corrected chi connectivity index (χ1v) is 6.80. The molecule has 0 aliphatic carbocycles. The molecule has 0 amide bonds. The predicted octanol–water partition coefficient (Wildman–Crippen LogP) is 3.48. The minimum atomic E-state index is 0.103. The van der Waals surface area contributed by atoms with Gasteiger partial charge in [0.15, 0.2) is 5.78 Å². The number of carbonyl (C=O) groups is 1. The first-order valence-electron chi connectivity index (χ1n) is 6.80. The van der Waals surface area contributed by atoms with Crippen LogP contribution < -0.4 is 10.5 Å². The SMILES string of the molecule is CCOc1ccccc1C(=O)CCc1ccc(N)cc1. The Morgan fingerprint density at radius 3 is 2.50 bits per heavy atom. The second kappa shape index (κ2) is 6.75. The molecule has 0 aliphatic heterocycles. The third-order valence-electron chi connectivity index (χ3n) is 3.11. The van der Waals surface area contributed by atoms with Gasteiger partial charge in [-0.1, -0.05) is 24.3 Å². The van der Waals surface area contributed by atoms with Crippen LogP contribution >= 0.6 is 0 Å². The van der Waals surface area contributed by atoms with Gasteiger partial charge in [-0.2, -0.15) is 0 Å². The van der Waals surface area contributed by atoms with Crippen molar-refractivity contribution in [3.8, 4) is 5.75 Å². The van der Waals surface area contributed by atoms with Crippen molar-refractivity contribution in [1.29, 1.82) is 0 Å². The Kier molecular flexibility index (Phi) is 4.77. The monoisotopic (exact) mass is 269 g/mol. The summed E-state index contributed by atoms with van der Waals surface area (Å²) in [6, 6.07) is 15.0. The summed E-state index contributed by atoms with van der Waals surface area (Å²) in [7, 11) is 0. The molecule has 0 radical (unpaired) electrons. The highest BCUT2D eigenvalue weighted by molar-refractivity contribution is 5.98. The normalized spacial score (nSPS) is 10.2. The summed E-state index contributed by atoms with van der Waals surface area (Å²) in [6.45, 7) is 2.47. The molecule has 0 aliphatic rings. The standard InChI is InChI=1S/C17H19NO2/c1-2-20-17-6-4-3-5-15(17)16(19)12-9-13-7-10-14(18)11-8-13/h3-8,10-11H,2,9,12,18H2,1H3. The molecule has 0 spiro atoms. The maximum atomic E-state index is 12.3. The van der Waals surface area contributed by atoms with E-state index in [2.05, 4.69) is 0 Å². The summed E-state index contributed by atoms with van der Waals surface area (Å²) in [5.41, 5.74) is 8.15. The molecule has 0 fully saturated rings. The lowest BCUT2D eigenvalue weighted by Gasteiger charge is -2.09. The lowest BCUT2D eigenvalue weighted by atomic mass is 10.0. The van der Waals surface area contributed by atoms with Gasteiger partial charge in [0.2, 0.25) is 0 Å². The van der Waals surface area contributed by atoms with Gasteiger partial charge in [0.1, 0.15) is 5.75 Å². The second-order valence-corrected chi connectivity index (χ2v) is 4.59. The first-order chi connectivity index (χ1) is 9.70. The van der Waals surface area contributed by atoms with E-state index in [0.29, 0.717) is 30.8 Å². The van der Waals surface area contributed by atoms with Crippen molar-refractivity contribution in [3.05, 3.63) is 59.7 Å². The minimum absolute atomic E-state index is 0.103. The number of benzene rings is 2. The van der Waals surface area contributed by atoms with E-state index in [-0.39, 0.29) is 5.78 Å². The number of nitrogens with two attached hydrogens (primary N) is 1. The Labute approximate surface area is 119 Å². The maximum Gasteiger partial charge on any atom is 0.166 e. The van der Waals surface area contributed by atoms with Crippen LogP contribution in [0.15, 0.2) is 48.5 Å². The maximum absolute atomic E-state index is 12.3. The molecule has 0 saturated heterocycles. The Morgan fingerprint density at radius 1 is 1.10 bits per heavy atom. The van der Waals surface area contributed by atoms with Crippen molar-refractivity contribution >= 4 is 11.5 Å². The number of Topliss-reactive ketones (excluding diaryl/α,β-unsaturated/α-hetero) is 1. The zero-order valence-electron chi connectivity index (χ0n) is 11.6. The van der Waals surface area contributed by atoms with Gasteiger partial charge in [0, 0.05) is 12.1 Å². The lowest BCUT2D eigenvalue weighted by molar-refractivity contribution is 0.0979. The number of rotatable bonds is 6. The van der Waals surface area contributed by atoms with E-state index >= 15 is 0 Å². The molecule has 2 aromatic rings. The number of para-hydroxylation sites is 1. The molecule has 0 aromatic heterocycles. The number of nitrogen functional groups attached to an aromatic ring is 1. The molecular weight excluding hydrogens is 250 g/mol. The van der Waals surface area contributed by atoms with E-state index in [1.54, 1.807) is 0 Å². The van der Waals surface area contributed by atoms with Crippen LogP contribution in [-0.4, -0.2) is 12.4 Å². The molecule has 2 rings (SSSR count). The number of hydrogen-bond donors (Lipinski definition) is 1. The van der Waals surface area contributed by atoms with Gasteiger partial charge in [-0.05, 0) is 43.2 Å². The Hall–Kier alpha value is -2.29. The molecule has 3 heteroatoms. The van der Waals surface area contributed by atoms with E-state index in [9.17, 15) is 4.79 Å². The van der Waals surface area contributed by atoms with Crippen molar-refractivity contribution in [2.45, 2.75) is 19.8 Å². The third-order valence-corrected chi connectivity index (χ3v) is 3.11. The quantitative estimate of drug-likeness (QED) is 0.645. The van der Waals surface area contributed by atoms with Gasteiger partial charge in [0.05, 0.1) is 12.2 Å². The molecule has 2 N–H and O–H groups in total. The molecule has 0 saturated carbocycles. The van der Waals surface area contributed by atoms with Crippen molar-refractivity contribution < 1.29 is 9.53 Å². The molecule has 20 heavy (non-hydrogen) atoms. The average Bonchev–Trinajstić information content (AvgIpc) is 2.47. The summed E-state index contributed by atoms with van der Waals surface area (Å²) in [5.74, 6) is 0.767. The Balaban J connectivity index is 2.03. The van der Waals surface area contributed by atoms with Gasteiger partial charge < -0.3 is 10.5 Å². The van der Waals surface area contributed by atoms with Crippen LogP contribution in [0, 0.1) is 0 Å². The zero-order chi connectivity index (χ0) is 14.4. The average molecular weight is 269 g/mol. The van der Waals surface area contributed by atoms with Gasteiger partial charge in [0.25, 0.3) is 0 Å². The lowest BCUT2D eigenvalue weighted by Crippen LogP contribution is -2.05. The highest BCUT2D eigenvalue weighted by atomic mass is 16.5. The third kappa shape index (κ3) is 3.60. The van der Waals surface area contributed by atoms with E-state index in [4.69, 9.17) is 10.5 Å². The summed E-state index contributed by atoms with van der Waals surface area (Å²) >= 11 is 0. The molecule has 2 aromatic carbocycles. The van der Waals surface area contributed by atoms with Gasteiger partial charge >= 0.3 is 0 Å². The Bertz CT molecular complexity index is 576. The molecule has 0 bridgehead atoms. The van der Waals surface area contributed by atoms with Gasteiger partial charge in [-0.3, -0.25) is 4.79 Å². The highest BCUT2D eigenvalue weighted by Gasteiger charge is 2.11. The summed E-state index contributed by atoms with van der Waals surface area (Å²) in [5, 5.41) is 0. The molecule has 3 nitrogen and oxygen atoms in total. The van der Waals surface area contributed by atoms with Crippen LogP contribution in [0.1, 0.15) is 29.3 Å². The zero-order valence-corrected chi connectivity index (χ0v) is 11.6. The van der Waals surface area contributed by atoms with Gasteiger partial charge in [-0.25, -0.2) is 0 Å². The first kappa shape index (κ1) is 14.1. The molecular formula is C17H19NO2. The van der Waals surface area contributed by atoms with Crippen molar-refractivity contribution in [2.75, 3.05) is 12.3 Å². The van der Waals surface area contributed by atoms with Crippen LogP contribution in [0.2, 0.25) is 0 Å². The van der Waals surface area contributed by atoms with Crippen molar-refractivity contribution in [1.82, 2.24) is 0 Å². The van der Waals surface area contributed by atoms with Crippen LogP contribution in [0.3, 0.4) is 0 Å². The summed E-state index contributed by atoms with van der Waals surface area (Å²) in [6.07, 6.45) is 1.17. The fourth-order valence-corrected chi connectivity index (χ4v) is 2.06. The van der Waals surface area contributed by atoms with E-state index in [1.807, 2.05) is 55.5 Å². The molecule has 0 atom stereocenters. The minimum Gasteiger partial charge on any atom is -0.493 e. The largest absolute Gasteiger partial charge is 0.493 e. The number of hydrogen-bond acceptors (Lipinski definition) is 3. The number of ketones is 1. The topological polar surface area (TPSA) is 52.3 Å². The predicted molar refractivity (Wildman–Crippen MR) is 81.1 cm³/mol. The molecule has 0 unspecified atom stereocenters. The highest BCUT2D eigenvalue weighted by Crippen LogP contribution is 2.20. The fraction of sp³-hybridized carbons (Fsp3) is 0.235. The molecule has 0 heterocycles. The number of carbonyl (C=O) groups excluding carboxylic acids is 1. The van der Waals surface area contributed by atoms with Crippen LogP contribution in [-0.2, 0) is 6.42 Å². The van der Waals surface area contributed by atoms with E-state index in [1.165, 1.54) is 0 Å². The van der Waals surface area contributed by atoms with Crippen LogP contribution in [0.4, 0.5) is 5.69 Å². The number of aryl methyl sites for hydroxylation is 1. The summed E-state index contributed by atoms with van der Waals surface area (Å²) in [4.78, 5) is 12.3. The van der Waals surface area contributed by atoms with E-state index in [0.717, 1.165) is 11.3 Å². The number of anilines is 1.